The minimum atomic E-state index is -0.552. The van der Waals surface area contributed by atoms with Crippen LogP contribution in [-0.2, 0) is 17.6 Å². The summed E-state index contributed by atoms with van der Waals surface area (Å²) in [6.07, 6.45) is 2.19. The smallest absolute Gasteiger partial charge is 0.265 e. The second kappa shape index (κ2) is 7.25. The van der Waals surface area contributed by atoms with Crippen LogP contribution in [0.2, 0.25) is 0 Å². The van der Waals surface area contributed by atoms with Crippen molar-refractivity contribution in [3.8, 4) is 5.75 Å². The number of nitrogens with one attached hydrogen (secondary N) is 1. The van der Waals surface area contributed by atoms with Crippen molar-refractivity contribution in [2.75, 3.05) is 5.32 Å². The van der Waals surface area contributed by atoms with E-state index in [4.69, 9.17) is 4.74 Å². The summed E-state index contributed by atoms with van der Waals surface area (Å²) in [6, 6.07) is 24.5. The summed E-state index contributed by atoms with van der Waals surface area (Å²) in [5.74, 6) is 0.629. The molecule has 0 saturated carbocycles. The summed E-state index contributed by atoms with van der Waals surface area (Å²) in [7, 11) is 0. The standard InChI is InChI=1S/C26H23NO2/c1-2-23(29-24-12-6-8-17-7-3-4-10-20(17)24)26(28)27-22-16-15-19-14-13-18-9-5-11-21(22)25(18)19/h3-12,15-16,23H,2,13-14H2,1H3,(H,27,28). The number of carbonyl (C=O) groups excluding carboxylic acids is 1. The minimum absolute atomic E-state index is 0.112. The highest BCUT2D eigenvalue weighted by atomic mass is 16.5. The Balaban J connectivity index is 1.43. The molecule has 0 spiro atoms. The van der Waals surface area contributed by atoms with Crippen LogP contribution in [0, 0.1) is 0 Å². The molecule has 0 aliphatic heterocycles. The van der Waals surface area contributed by atoms with Crippen LogP contribution in [0.4, 0.5) is 5.69 Å². The van der Waals surface area contributed by atoms with Crippen molar-refractivity contribution in [3.05, 3.63) is 83.9 Å². The van der Waals surface area contributed by atoms with E-state index in [1.165, 1.54) is 16.5 Å². The lowest BCUT2D eigenvalue weighted by Gasteiger charge is -2.19. The molecule has 0 saturated heterocycles. The Kier molecular flexibility index (Phi) is 4.44. The molecule has 0 bridgehead atoms. The molecule has 4 aromatic carbocycles. The Hall–Kier alpha value is -3.33. The predicted molar refractivity (Wildman–Crippen MR) is 119 cm³/mol. The second-order valence-electron chi connectivity index (χ2n) is 7.59. The Morgan fingerprint density at radius 2 is 1.62 bits per heavy atom. The Bertz CT molecular complexity index is 1210. The fourth-order valence-electron chi connectivity index (χ4n) is 4.34. The number of hydrogen-bond acceptors (Lipinski definition) is 2. The average molecular weight is 381 g/mol. The summed E-state index contributed by atoms with van der Waals surface area (Å²) in [5, 5.41) is 7.66. The van der Waals surface area contributed by atoms with Crippen LogP contribution < -0.4 is 10.1 Å². The molecule has 5 rings (SSSR count). The maximum absolute atomic E-state index is 13.1. The summed E-state index contributed by atoms with van der Waals surface area (Å²) >= 11 is 0. The lowest BCUT2D eigenvalue weighted by Crippen LogP contribution is -2.32. The summed E-state index contributed by atoms with van der Waals surface area (Å²) < 4.78 is 6.17. The van der Waals surface area contributed by atoms with Crippen molar-refractivity contribution in [2.45, 2.75) is 32.3 Å². The molecule has 4 aromatic rings. The van der Waals surface area contributed by atoms with Gasteiger partial charge in [-0.05, 0) is 53.3 Å². The summed E-state index contributed by atoms with van der Waals surface area (Å²) in [5.41, 5.74) is 3.60. The molecule has 1 aliphatic rings. The zero-order chi connectivity index (χ0) is 19.8. The first-order chi connectivity index (χ1) is 14.2. The number of ether oxygens (including phenoxy) is 1. The monoisotopic (exact) mass is 381 g/mol. The number of aryl methyl sites for hydroxylation is 2. The van der Waals surface area contributed by atoms with Crippen LogP contribution in [0.5, 0.6) is 5.75 Å². The molecule has 0 radical (unpaired) electrons. The van der Waals surface area contributed by atoms with Gasteiger partial charge in [-0.25, -0.2) is 0 Å². The molecule has 1 amide bonds. The first-order valence-electron chi connectivity index (χ1n) is 10.2. The van der Waals surface area contributed by atoms with E-state index in [2.05, 4.69) is 41.7 Å². The van der Waals surface area contributed by atoms with Crippen molar-refractivity contribution < 1.29 is 9.53 Å². The molecule has 3 nitrogen and oxygen atoms in total. The van der Waals surface area contributed by atoms with E-state index in [9.17, 15) is 4.79 Å². The second-order valence-corrected chi connectivity index (χ2v) is 7.59. The van der Waals surface area contributed by atoms with Crippen LogP contribution in [0.3, 0.4) is 0 Å². The molecular formula is C26H23NO2. The lowest BCUT2D eigenvalue weighted by molar-refractivity contribution is -0.122. The maximum Gasteiger partial charge on any atom is 0.265 e. The van der Waals surface area contributed by atoms with Crippen molar-refractivity contribution in [1.82, 2.24) is 0 Å². The third kappa shape index (κ3) is 3.13. The molecule has 144 valence electrons. The van der Waals surface area contributed by atoms with Crippen LogP contribution in [0.15, 0.2) is 72.8 Å². The first-order valence-corrected chi connectivity index (χ1v) is 10.2. The molecule has 1 atom stereocenters. The van der Waals surface area contributed by atoms with Gasteiger partial charge in [-0.1, -0.05) is 67.6 Å². The van der Waals surface area contributed by atoms with Gasteiger partial charge in [-0.3, -0.25) is 4.79 Å². The van der Waals surface area contributed by atoms with E-state index in [1.54, 1.807) is 0 Å². The average Bonchev–Trinajstić information content (AvgIpc) is 3.18. The molecule has 1 N–H and O–H groups in total. The predicted octanol–water partition coefficient (Wildman–Crippen LogP) is 5.89. The first kappa shape index (κ1) is 17.7. The van der Waals surface area contributed by atoms with E-state index in [0.717, 1.165) is 40.4 Å². The molecule has 0 fully saturated rings. The zero-order valence-corrected chi connectivity index (χ0v) is 16.4. The molecule has 29 heavy (non-hydrogen) atoms. The van der Waals surface area contributed by atoms with Crippen LogP contribution in [0.1, 0.15) is 24.5 Å². The van der Waals surface area contributed by atoms with E-state index < -0.39 is 6.10 Å². The number of hydrogen-bond donors (Lipinski definition) is 1. The van der Waals surface area contributed by atoms with Gasteiger partial charge in [0.25, 0.3) is 5.91 Å². The third-order valence-electron chi connectivity index (χ3n) is 5.82. The molecular weight excluding hydrogens is 358 g/mol. The number of rotatable bonds is 5. The molecule has 0 heterocycles. The minimum Gasteiger partial charge on any atom is -0.480 e. The third-order valence-corrected chi connectivity index (χ3v) is 5.82. The molecule has 1 aliphatic carbocycles. The van der Waals surface area contributed by atoms with Gasteiger partial charge in [0.2, 0.25) is 0 Å². The lowest BCUT2D eigenvalue weighted by atomic mass is 10.0. The maximum atomic E-state index is 13.1. The highest BCUT2D eigenvalue weighted by Crippen LogP contribution is 2.35. The van der Waals surface area contributed by atoms with Gasteiger partial charge in [0.1, 0.15) is 5.75 Å². The largest absolute Gasteiger partial charge is 0.480 e. The fourth-order valence-corrected chi connectivity index (χ4v) is 4.34. The van der Waals surface area contributed by atoms with Crippen LogP contribution in [-0.4, -0.2) is 12.0 Å². The van der Waals surface area contributed by atoms with Crippen LogP contribution in [0.25, 0.3) is 21.5 Å². The van der Waals surface area contributed by atoms with Crippen molar-refractivity contribution in [1.29, 1.82) is 0 Å². The Morgan fingerprint density at radius 3 is 2.48 bits per heavy atom. The van der Waals surface area contributed by atoms with Gasteiger partial charge >= 0.3 is 0 Å². The number of benzene rings is 4. The summed E-state index contributed by atoms with van der Waals surface area (Å²) in [6.45, 7) is 1.98. The zero-order valence-electron chi connectivity index (χ0n) is 16.4. The van der Waals surface area contributed by atoms with E-state index >= 15 is 0 Å². The number of carbonyl (C=O) groups is 1. The SMILES string of the molecule is CCC(Oc1cccc2ccccc12)C(=O)Nc1ccc2c3c(cccc13)CC2. The van der Waals surface area contributed by atoms with Gasteiger partial charge in [0, 0.05) is 16.5 Å². The van der Waals surface area contributed by atoms with Crippen molar-refractivity contribution in [3.63, 3.8) is 0 Å². The molecule has 0 aromatic heterocycles. The van der Waals surface area contributed by atoms with Gasteiger partial charge < -0.3 is 10.1 Å². The number of anilines is 1. The van der Waals surface area contributed by atoms with Gasteiger partial charge in [0.05, 0.1) is 0 Å². The van der Waals surface area contributed by atoms with Gasteiger partial charge in [0.15, 0.2) is 6.10 Å². The normalized spacial score (nSPS) is 13.6. The van der Waals surface area contributed by atoms with Crippen molar-refractivity contribution >= 4 is 33.1 Å². The topological polar surface area (TPSA) is 38.3 Å². The molecule has 1 unspecified atom stereocenters. The highest BCUT2D eigenvalue weighted by molar-refractivity contribution is 6.06. The Morgan fingerprint density at radius 1 is 0.897 bits per heavy atom. The number of amides is 1. The summed E-state index contributed by atoms with van der Waals surface area (Å²) in [4.78, 5) is 13.1. The van der Waals surface area contributed by atoms with Gasteiger partial charge in [-0.15, -0.1) is 0 Å². The van der Waals surface area contributed by atoms with E-state index in [0.29, 0.717) is 6.42 Å². The fraction of sp³-hybridized carbons (Fsp3) is 0.192. The number of fused-ring (bicyclic) bond motifs is 1. The highest BCUT2D eigenvalue weighted by Gasteiger charge is 2.22. The quantitative estimate of drug-likeness (QED) is 0.468. The van der Waals surface area contributed by atoms with Crippen molar-refractivity contribution in [2.24, 2.45) is 0 Å². The van der Waals surface area contributed by atoms with Crippen LogP contribution >= 0.6 is 0 Å². The molecule has 3 heteroatoms. The van der Waals surface area contributed by atoms with Gasteiger partial charge in [-0.2, -0.15) is 0 Å². The van der Waals surface area contributed by atoms with E-state index in [1.807, 2.05) is 43.3 Å². The van der Waals surface area contributed by atoms with E-state index in [-0.39, 0.29) is 5.91 Å². The Labute approximate surface area is 170 Å².